The van der Waals surface area contributed by atoms with Gasteiger partial charge >= 0.3 is 6.18 Å². The summed E-state index contributed by atoms with van der Waals surface area (Å²) < 4.78 is 55.1. The monoisotopic (exact) mass is 490 g/mol. The Bertz CT molecular complexity index is 1210. The van der Waals surface area contributed by atoms with E-state index in [1.807, 2.05) is 12.1 Å². The van der Waals surface area contributed by atoms with Crippen molar-refractivity contribution < 1.29 is 32.2 Å². The molecule has 0 radical (unpaired) electrons. The number of hydrogen-bond donors (Lipinski definition) is 1. The second-order valence-electron chi connectivity index (χ2n) is 6.87. The lowest BCUT2D eigenvalue weighted by Crippen LogP contribution is -2.35. The predicted molar refractivity (Wildman–Crippen MR) is 121 cm³/mol. The van der Waals surface area contributed by atoms with Gasteiger partial charge < -0.3 is 14.2 Å². The van der Waals surface area contributed by atoms with Crippen molar-refractivity contribution in [3.05, 3.63) is 59.7 Å². The molecular formula is C22H17F3N4O4S. The van der Waals surface area contributed by atoms with Crippen molar-refractivity contribution >= 4 is 39.8 Å². The Balaban J connectivity index is 1.36. The molecule has 176 valence electrons. The highest BCUT2D eigenvalue weighted by Gasteiger charge is 2.46. The minimum atomic E-state index is -4.69. The minimum absolute atomic E-state index is 0.170. The first-order valence-corrected chi connectivity index (χ1v) is 10.6. The summed E-state index contributed by atoms with van der Waals surface area (Å²) >= 11 is 0.208. The van der Waals surface area contributed by atoms with Crippen LogP contribution in [0.3, 0.4) is 0 Å². The minimum Gasteiger partial charge on any atom is -0.497 e. The topological polar surface area (TPSA) is 96.6 Å². The zero-order chi connectivity index (χ0) is 24.3. The van der Waals surface area contributed by atoms with E-state index in [1.54, 1.807) is 43.5 Å². The third-order valence-electron chi connectivity index (χ3n) is 4.55. The van der Waals surface area contributed by atoms with Crippen LogP contribution in [-0.4, -0.2) is 53.5 Å². The van der Waals surface area contributed by atoms with Crippen molar-refractivity contribution in [2.24, 2.45) is 10.1 Å². The molecule has 2 aromatic carbocycles. The number of nitrogens with one attached hydrogen (secondary N) is 1. The molecule has 0 aromatic heterocycles. The number of amidine groups is 2. The molecule has 0 saturated heterocycles. The number of nitrogens with zero attached hydrogens (tertiary/aromatic N) is 3. The Kier molecular flexibility index (Phi) is 6.59. The van der Waals surface area contributed by atoms with Crippen LogP contribution >= 0.6 is 11.8 Å². The molecule has 0 bridgehead atoms. The number of carbonyl (C=O) groups is 1. The van der Waals surface area contributed by atoms with Gasteiger partial charge in [0.2, 0.25) is 10.2 Å². The highest BCUT2D eigenvalue weighted by molar-refractivity contribution is 8.27. The van der Waals surface area contributed by atoms with Crippen molar-refractivity contribution in [2.75, 3.05) is 20.3 Å². The molecule has 4 rings (SSSR count). The number of benzene rings is 2. The Hall–Kier alpha value is -3.80. The fourth-order valence-electron chi connectivity index (χ4n) is 2.94. The molecule has 34 heavy (non-hydrogen) atoms. The molecule has 0 saturated carbocycles. The summed E-state index contributed by atoms with van der Waals surface area (Å²) in [5.74, 6) is 0.607. The highest BCUT2D eigenvalue weighted by Crippen LogP contribution is 2.35. The van der Waals surface area contributed by atoms with Gasteiger partial charge in [-0.15, -0.1) is 0 Å². The van der Waals surface area contributed by atoms with E-state index in [1.165, 1.54) is 6.08 Å². The predicted octanol–water partition coefficient (Wildman–Crippen LogP) is 4.33. The highest BCUT2D eigenvalue weighted by atomic mass is 32.2. The quantitative estimate of drug-likeness (QED) is 0.458. The molecule has 2 heterocycles. The second kappa shape index (κ2) is 9.59. The maximum Gasteiger partial charge on any atom is 0.441 e. The first-order chi connectivity index (χ1) is 16.2. The summed E-state index contributed by atoms with van der Waals surface area (Å²) in [6.07, 6.45) is -3.32. The van der Waals surface area contributed by atoms with Crippen LogP contribution < -0.4 is 14.2 Å². The largest absolute Gasteiger partial charge is 0.497 e. The summed E-state index contributed by atoms with van der Waals surface area (Å²) in [5, 5.41) is 10.7. The Morgan fingerprint density at radius 2 is 1.74 bits per heavy atom. The number of rotatable bonds is 7. The number of aliphatic imine (C=N–C) groups is 1. The lowest BCUT2D eigenvalue weighted by Gasteiger charge is -2.20. The van der Waals surface area contributed by atoms with Crippen LogP contribution in [0.5, 0.6) is 17.2 Å². The smallest absolute Gasteiger partial charge is 0.441 e. The van der Waals surface area contributed by atoms with E-state index in [0.717, 1.165) is 0 Å². The first kappa shape index (κ1) is 23.4. The number of carbonyl (C=O) groups excluding carboxylic acids is 1. The molecule has 8 nitrogen and oxygen atoms in total. The van der Waals surface area contributed by atoms with Gasteiger partial charge in [-0.2, -0.15) is 28.3 Å². The Labute approximate surface area is 196 Å². The van der Waals surface area contributed by atoms with E-state index in [9.17, 15) is 18.0 Å². The molecule has 0 unspecified atom stereocenters. The molecular weight excluding hydrogens is 473 g/mol. The van der Waals surface area contributed by atoms with Crippen molar-refractivity contribution in [3.8, 4) is 17.2 Å². The maximum absolute atomic E-state index is 12.9. The number of fused-ring (bicyclic) bond motifs is 1. The van der Waals surface area contributed by atoms with E-state index in [4.69, 9.17) is 19.6 Å². The summed E-state index contributed by atoms with van der Waals surface area (Å²) in [6, 6.07) is 13.8. The number of methoxy groups -OCH3 is 1. The van der Waals surface area contributed by atoms with Gasteiger partial charge in [-0.3, -0.25) is 10.2 Å². The number of halogens is 3. The molecule has 2 aliphatic heterocycles. The van der Waals surface area contributed by atoms with Gasteiger partial charge in [-0.05, 0) is 47.7 Å². The van der Waals surface area contributed by atoms with E-state index < -0.39 is 23.0 Å². The van der Waals surface area contributed by atoms with E-state index in [2.05, 4.69) is 10.1 Å². The molecule has 12 heteroatoms. The average Bonchev–Trinajstić information content (AvgIpc) is 3.25. The van der Waals surface area contributed by atoms with Crippen molar-refractivity contribution in [1.29, 1.82) is 5.41 Å². The van der Waals surface area contributed by atoms with Gasteiger partial charge in [0.1, 0.15) is 30.5 Å². The lowest BCUT2D eigenvalue weighted by atomic mass is 10.1. The van der Waals surface area contributed by atoms with E-state index >= 15 is 0 Å². The third-order valence-corrected chi connectivity index (χ3v) is 5.50. The molecule has 0 aliphatic carbocycles. The van der Waals surface area contributed by atoms with Crippen LogP contribution in [-0.2, 0) is 4.79 Å². The molecule has 1 N–H and O–H groups in total. The summed E-state index contributed by atoms with van der Waals surface area (Å²) in [7, 11) is 1.57. The molecule has 1 amide bonds. The van der Waals surface area contributed by atoms with E-state index in [0.29, 0.717) is 34.4 Å². The van der Waals surface area contributed by atoms with Crippen molar-refractivity contribution in [2.45, 2.75) is 6.18 Å². The number of thioether (sulfide) groups is 1. The SMILES string of the molecule is COc1cccc(OCCOc2ccc(C=C3C(=N)N4N=C(C(F)(F)F)SC4=NC3=O)cc2)c1. The van der Waals surface area contributed by atoms with Crippen LogP contribution in [0.4, 0.5) is 13.2 Å². The van der Waals surface area contributed by atoms with Crippen molar-refractivity contribution in [3.63, 3.8) is 0 Å². The third kappa shape index (κ3) is 5.22. The normalized spacial score (nSPS) is 16.8. The number of alkyl halides is 3. The first-order valence-electron chi connectivity index (χ1n) is 9.82. The Morgan fingerprint density at radius 1 is 1.06 bits per heavy atom. The zero-order valence-corrected chi connectivity index (χ0v) is 18.4. The van der Waals surface area contributed by atoms with Gasteiger partial charge in [0.25, 0.3) is 5.91 Å². The summed E-state index contributed by atoms with van der Waals surface area (Å²) in [5.41, 5.74) is 0.371. The fourth-order valence-corrected chi connectivity index (χ4v) is 3.70. The molecule has 2 aromatic rings. The molecule has 0 spiro atoms. The zero-order valence-electron chi connectivity index (χ0n) is 17.6. The average molecular weight is 490 g/mol. The van der Waals surface area contributed by atoms with Gasteiger partial charge in [-0.25, -0.2) is 0 Å². The molecule has 0 fully saturated rings. The van der Waals surface area contributed by atoms with Crippen LogP contribution in [0, 0.1) is 5.41 Å². The standard InChI is InChI=1S/C22H17F3N4O4S/c1-31-15-3-2-4-16(12-15)33-10-9-32-14-7-5-13(6-8-14)11-17-18(26)29-21(27-19(17)30)34-20(28-29)22(23,24)25/h2-8,11-12,26H,9-10H2,1H3. The number of ether oxygens (including phenoxy) is 3. The number of hydrogen-bond acceptors (Lipinski definition) is 7. The Morgan fingerprint density at radius 3 is 2.41 bits per heavy atom. The van der Waals surface area contributed by atoms with Gasteiger partial charge in [-0.1, -0.05) is 18.2 Å². The summed E-state index contributed by atoms with van der Waals surface area (Å²) in [6.45, 7) is 0.587. The second-order valence-corrected chi connectivity index (χ2v) is 7.82. The van der Waals surface area contributed by atoms with Crippen LogP contribution in [0.1, 0.15) is 5.56 Å². The van der Waals surface area contributed by atoms with Crippen LogP contribution in [0.2, 0.25) is 0 Å². The number of hydrazone groups is 1. The van der Waals surface area contributed by atoms with E-state index in [-0.39, 0.29) is 29.1 Å². The lowest BCUT2D eigenvalue weighted by molar-refractivity contribution is -0.114. The molecule has 0 atom stereocenters. The summed E-state index contributed by atoms with van der Waals surface area (Å²) in [4.78, 5) is 15.9. The van der Waals surface area contributed by atoms with Crippen LogP contribution in [0.15, 0.2) is 64.2 Å². The maximum atomic E-state index is 12.9. The van der Waals surface area contributed by atoms with Crippen molar-refractivity contribution in [1.82, 2.24) is 5.01 Å². The van der Waals surface area contributed by atoms with Gasteiger partial charge in [0.05, 0.1) is 12.7 Å². The number of amides is 1. The van der Waals surface area contributed by atoms with Crippen LogP contribution in [0.25, 0.3) is 6.08 Å². The van der Waals surface area contributed by atoms with Gasteiger partial charge in [0, 0.05) is 6.07 Å². The fraction of sp³-hybridized carbons (Fsp3) is 0.182. The van der Waals surface area contributed by atoms with Gasteiger partial charge in [0.15, 0.2) is 5.84 Å². The molecule has 2 aliphatic rings.